The van der Waals surface area contributed by atoms with Gasteiger partial charge in [0, 0.05) is 12.2 Å². The van der Waals surface area contributed by atoms with E-state index in [9.17, 15) is 9.18 Å². The standard InChI is InChI=1S/C15H14FNO2/c16-13-3-1-2-11(10-13)8-9-17-14-6-4-12(5-7-14)15(18)19/h1-7,10,17H,8-9H2,(H,18,19). The van der Waals surface area contributed by atoms with E-state index in [1.54, 1.807) is 30.3 Å². The van der Waals surface area contributed by atoms with Crippen molar-refractivity contribution in [3.63, 3.8) is 0 Å². The van der Waals surface area contributed by atoms with E-state index in [0.29, 0.717) is 13.0 Å². The van der Waals surface area contributed by atoms with Crippen LogP contribution in [-0.2, 0) is 6.42 Å². The largest absolute Gasteiger partial charge is 0.478 e. The van der Waals surface area contributed by atoms with Crippen LogP contribution in [0.5, 0.6) is 0 Å². The molecule has 0 fully saturated rings. The number of carbonyl (C=O) groups is 1. The van der Waals surface area contributed by atoms with Gasteiger partial charge in [-0.3, -0.25) is 0 Å². The normalized spacial score (nSPS) is 10.2. The molecule has 98 valence electrons. The van der Waals surface area contributed by atoms with Gasteiger partial charge in [0.25, 0.3) is 0 Å². The minimum atomic E-state index is -0.939. The summed E-state index contributed by atoms with van der Waals surface area (Å²) in [5.74, 6) is -1.17. The van der Waals surface area contributed by atoms with Crippen molar-refractivity contribution in [3.05, 3.63) is 65.5 Å². The zero-order valence-electron chi connectivity index (χ0n) is 10.3. The molecule has 0 amide bonds. The molecule has 0 bridgehead atoms. The van der Waals surface area contributed by atoms with E-state index in [4.69, 9.17) is 5.11 Å². The number of rotatable bonds is 5. The fourth-order valence-electron chi connectivity index (χ4n) is 1.77. The molecular weight excluding hydrogens is 245 g/mol. The van der Waals surface area contributed by atoms with Crippen molar-refractivity contribution in [3.8, 4) is 0 Å². The minimum absolute atomic E-state index is 0.233. The Morgan fingerprint density at radius 1 is 1.16 bits per heavy atom. The average Bonchev–Trinajstić information content (AvgIpc) is 2.39. The Morgan fingerprint density at radius 2 is 1.89 bits per heavy atom. The number of carboxylic acids is 1. The van der Waals surface area contributed by atoms with Gasteiger partial charge in [0.2, 0.25) is 0 Å². The van der Waals surface area contributed by atoms with Crippen LogP contribution in [0.1, 0.15) is 15.9 Å². The zero-order chi connectivity index (χ0) is 13.7. The molecule has 0 radical (unpaired) electrons. The summed E-state index contributed by atoms with van der Waals surface area (Å²) in [4.78, 5) is 10.7. The molecule has 19 heavy (non-hydrogen) atoms. The Hall–Kier alpha value is -2.36. The first-order valence-corrected chi connectivity index (χ1v) is 5.97. The van der Waals surface area contributed by atoms with Gasteiger partial charge in [0.15, 0.2) is 0 Å². The Balaban J connectivity index is 1.87. The van der Waals surface area contributed by atoms with Gasteiger partial charge in [-0.2, -0.15) is 0 Å². The topological polar surface area (TPSA) is 49.3 Å². The Labute approximate surface area is 110 Å². The highest BCUT2D eigenvalue weighted by Gasteiger charge is 2.01. The number of nitrogens with one attached hydrogen (secondary N) is 1. The summed E-state index contributed by atoms with van der Waals surface area (Å²) in [7, 11) is 0. The van der Waals surface area contributed by atoms with Crippen LogP contribution in [0.25, 0.3) is 0 Å². The molecule has 0 saturated carbocycles. The van der Waals surface area contributed by atoms with E-state index in [2.05, 4.69) is 5.32 Å². The van der Waals surface area contributed by atoms with Gasteiger partial charge < -0.3 is 10.4 Å². The van der Waals surface area contributed by atoms with Crippen LogP contribution in [0.4, 0.5) is 10.1 Å². The summed E-state index contributed by atoms with van der Waals surface area (Å²) in [6.07, 6.45) is 0.707. The Bertz CT molecular complexity index is 567. The molecule has 2 aromatic carbocycles. The third kappa shape index (κ3) is 3.81. The molecule has 0 aliphatic heterocycles. The van der Waals surface area contributed by atoms with E-state index >= 15 is 0 Å². The van der Waals surface area contributed by atoms with Crippen LogP contribution in [-0.4, -0.2) is 17.6 Å². The van der Waals surface area contributed by atoms with E-state index in [0.717, 1.165) is 11.3 Å². The van der Waals surface area contributed by atoms with E-state index in [-0.39, 0.29) is 11.4 Å². The van der Waals surface area contributed by atoms with Gasteiger partial charge in [0.05, 0.1) is 5.56 Å². The first kappa shape index (κ1) is 13.1. The second kappa shape index (κ2) is 6.00. The molecule has 0 heterocycles. The number of halogens is 1. The number of hydrogen-bond donors (Lipinski definition) is 2. The lowest BCUT2D eigenvalue weighted by molar-refractivity contribution is 0.0697. The summed E-state index contributed by atoms with van der Waals surface area (Å²) >= 11 is 0. The van der Waals surface area contributed by atoms with Crippen LogP contribution in [0.3, 0.4) is 0 Å². The summed E-state index contributed by atoms with van der Waals surface area (Å²) < 4.78 is 13.0. The molecule has 0 atom stereocenters. The number of hydrogen-bond acceptors (Lipinski definition) is 2. The van der Waals surface area contributed by atoms with Crippen molar-refractivity contribution >= 4 is 11.7 Å². The molecule has 0 aliphatic rings. The fraction of sp³-hybridized carbons (Fsp3) is 0.133. The lowest BCUT2D eigenvalue weighted by Gasteiger charge is -2.07. The van der Waals surface area contributed by atoms with Crippen LogP contribution in [0, 0.1) is 5.82 Å². The zero-order valence-corrected chi connectivity index (χ0v) is 10.3. The van der Waals surface area contributed by atoms with Crippen molar-refractivity contribution in [1.82, 2.24) is 0 Å². The van der Waals surface area contributed by atoms with Crippen molar-refractivity contribution in [2.45, 2.75) is 6.42 Å². The lowest BCUT2D eigenvalue weighted by atomic mass is 10.1. The quantitative estimate of drug-likeness (QED) is 0.867. The minimum Gasteiger partial charge on any atom is -0.478 e. The second-order valence-electron chi connectivity index (χ2n) is 4.19. The van der Waals surface area contributed by atoms with E-state index < -0.39 is 5.97 Å². The number of aromatic carboxylic acids is 1. The summed E-state index contributed by atoms with van der Waals surface area (Å²) in [6, 6.07) is 13.0. The molecule has 2 rings (SSSR count). The van der Waals surface area contributed by atoms with Crippen molar-refractivity contribution in [1.29, 1.82) is 0 Å². The van der Waals surface area contributed by atoms with Gasteiger partial charge in [0.1, 0.15) is 5.82 Å². The molecule has 0 aliphatic carbocycles. The van der Waals surface area contributed by atoms with Gasteiger partial charge in [-0.1, -0.05) is 12.1 Å². The van der Waals surface area contributed by atoms with Gasteiger partial charge in [-0.25, -0.2) is 9.18 Å². The maximum Gasteiger partial charge on any atom is 0.335 e. The first-order chi connectivity index (χ1) is 9.15. The number of anilines is 1. The number of carboxylic acid groups (broad SMARTS) is 1. The SMILES string of the molecule is O=C(O)c1ccc(NCCc2cccc(F)c2)cc1. The third-order valence-electron chi connectivity index (χ3n) is 2.76. The molecule has 0 unspecified atom stereocenters. The Morgan fingerprint density at radius 3 is 2.53 bits per heavy atom. The maximum absolute atomic E-state index is 13.0. The highest BCUT2D eigenvalue weighted by atomic mass is 19.1. The molecule has 0 spiro atoms. The van der Waals surface area contributed by atoms with Crippen LogP contribution in [0.15, 0.2) is 48.5 Å². The van der Waals surface area contributed by atoms with Crippen molar-refractivity contribution in [2.75, 3.05) is 11.9 Å². The van der Waals surface area contributed by atoms with Crippen LogP contribution < -0.4 is 5.32 Å². The maximum atomic E-state index is 13.0. The molecule has 2 N–H and O–H groups in total. The molecule has 2 aromatic rings. The predicted molar refractivity (Wildman–Crippen MR) is 72.0 cm³/mol. The summed E-state index contributed by atoms with van der Waals surface area (Å²) in [5.41, 5.74) is 2.03. The first-order valence-electron chi connectivity index (χ1n) is 5.97. The smallest absolute Gasteiger partial charge is 0.335 e. The predicted octanol–water partition coefficient (Wildman–Crippen LogP) is 3.18. The van der Waals surface area contributed by atoms with E-state index in [1.165, 1.54) is 12.1 Å². The Kier molecular flexibility index (Phi) is 4.13. The molecule has 4 heteroatoms. The number of benzene rings is 2. The average molecular weight is 259 g/mol. The van der Waals surface area contributed by atoms with Gasteiger partial charge >= 0.3 is 5.97 Å². The molecular formula is C15H14FNO2. The summed E-state index contributed by atoms with van der Waals surface area (Å²) in [6.45, 7) is 0.663. The lowest BCUT2D eigenvalue weighted by Crippen LogP contribution is -2.05. The van der Waals surface area contributed by atoms with E-state index in [1.807, 2.05) is 6.07 Å². The molecule has 3 nitrogen and oxygen atoms in total. The highest BCUT2D eigenvalue weighted by Crippen LogP contribution is 2.10. The fourth-order valence-corrected chi connectivity index (χ4v) is 1.77. The summed E-state index contributed by atoms with van der Waals surface area (Å²) in [5, 5.41) is 11.9. The molecule has 0 aromatic heterocycles. The van der Waals surface area contributed by atoms with Gasteiger partial charge in [-0.05, 0) is 48.4 Å². The van der Waals surface area contributed by atoms with Gasteiger partial charge in [-0.15, -0.1) is 0 Å². The van der Waals surface area contributed by atoms with Crippen LogP contribution >= 0.6 is 0 Å². The van der Waals surface area contributed by atoms with Crippen LogP contribution in [0.2, 0.25) is 0 Å². The monoisotopic (exact) mass is 259 g/mol. The third-order valence-corrected chi connectivity index (χ3v) is 2.76. The molecule has 0 saturated heterocycles. The highest BCUT2D eigenvalue weighted by molar-refractivity contribution is 5.87. The van der Waals surface area contributed by atoms with Crippen molar-refractivity contribution < 1.29 is 14.3 Å². The second-order valence-corrected chi connectivity index (χ2v) is 4.19. The van der Waals surface area contributed by atoms with Crippen molar-refractivity contribution in [2.24, 2.45) is 0 Å².